The molecule has 0 aromatic rings. The number of amides is 3. The van der Waals surface area contributed by atoms with E-state index in [2.05, 4.69) is 16.0 Å². The molecule has 0 aliphatic rings. The van der Waals surface area contributed by atoms with Gasteiger partial charge in [0.1, 0.15) is 0 Å². The Labute approximate surface area is 119 Å². The van der Waals surface area contributed by atoms with Crippen LogP contribution in [0.1, 0.15) is 40.0 Å². The smallest absolute Gasteiger partial charge is 0.315 e. The summed E-state index contributed by atoms with van der Waals surface area (Å²) in [7, 11) is 0. The number of carboxylic acid groups (broad SMARTS) is 1. The maximum absolute atomic E-state index is 11.6. The molecular weight excluding hydrogens is 262 g/mol. The Balaban J connectivity index is 4.00. The largest absolute Gasteiger partial charge is 0.481 e. The number of carbonyl (C=O) groups excluding carboxylic acids is 2. The van der Waals surface area contributed by atoms with E-state index in [0.29, 0.717) is 18.9 Å². The standard InChI is InChI=1S/C13H25N3O4/c1-4-5-10(6-12(18)19)16-13(20)15-8-11(17)14-7-9(2)3/h9-10H,4-8H2,1-3H3,(H,14,17)(H,18,19)(H2,15,16,20). The molecule has 4 N–H and O–H groups in total. The molecule has 0 radical (unpaired) electrons. The molecule has 1 unspecified atom stereocenters. The third-order valence-electron chi connectivity index (χ3n) is 2.51. The molecule has 0 saturated carbocycles. The number of hydrogen-bond donors (Lipinski definition) is 4. The Morgan fingerprint density at radius 1 is 1.15 bits per heavy atom. The fourth-order valence-electron chi connectivity index (χ4n) is 1.56. The lowest BCUT2D eigenvalue weighted by Gasteiger charge is -2.16. The molecule has 0 spiro atoms. The summed E-state index contributed by atoms with van der Waals surface area (Å²) in [6.07, 6.45) is 1.23. The number of urea groups is 1. The number of carboxylic acids is 1. The zero-order chi connectivity index (χ0) is 15.5. The van der Waals surface area contributed by atoms with Gasteiger partial charge in [0, 0.05) is 12.6 Å². The van der Waals surface area contributed by atoms with Gasteiger partial charge in [-0.2, -0.15) is 0 Å². The Bertz CT molecular complexity index is 332. The molecule has 1 atom stereocenters. The Kier molecular flexibility index (Phi) is 9.15. The van der Waals surface area contributed by atoms with E-state index in [1.54, 1.807) is 0 Å². The van der Waals surface area contributed by atoms with Crippen LogP contribution in [0.4, 0.5) is 4.79 Å². The van der Waals surface area contributed by atoms with Crippen LogP contribution in [0, 0.1) is 5.92 Å². The summed E-state index contributed by atoms with van der Waals surface area (Å²) in [4.78, 5) is 33.6. The molecule has 0 aromatic carbocycles. The van der Waals surface area contributed by atoms with Gasteiger partial charge in [-0.05, 0) is 12.3 Å². The van der Waals surface area contributed by atoms with Crippen molar-refractivity contribution < 1.29 is 19.5 Å². The van der Waals surface area contributed by atoms with Crippen LogP contribution in [0.15, 0.2) is 0 Å². The second-order valence-corrected chi connectivity index (χ2v) is 5.11. The van der Waals surface area contributed by atoms with Gasteiger partial charge in [0.2, 0.25) is 5.91 Å². The molecule has 0 aliphatic carbocycles. The summed E-state index contributed by atoms with van der Waals surface area (Å²) < 4.78 is 0. The number of rotatable bonds is 9. The first kappa shape index (κ1) is 18.2. The lowest BCUT2D eigenvalue weighted by Crippen LogP contribution is -2.46. The van der Waals surface area contributed by atoms with Gasteiger partial charge < -0.3 is 21.1 Å². The normalized spacial score (nSPS) is 11.8. The summed E-state index contributed by atoms with van der Waals surface area (Å²) in [6.45, 7) is 6.29. The van der Waals surface area contributed by atoms with Crippen LogP contribution in [-0.2, 0) is 9.59 Å². The molecule has 0 bridgehead atoms. The minimum atomic E-state index is -0.960. The van der Waals surface area contributed by atoms with Gasteiger partial charge >= 0.3 is 12.0 Å². The molecule has 3 amide bonds. The van der Waals surface area contributed by atoms with E-state index in [9.17, 15) is 14.4 Å². The van der Waals surface area contributed by atoms with Crippen molar-refractivity contribution in [3.05, 3.63) is 0 Å². The zero-order valence-corrected chi connectivity index (χ0v) is 12.4. The number of aliphatic carboxylic acids is 1. The molecule has 0 fully saturated rings. The molecule has 0 aromatic heterocycles. The Morgan fingerprint density at radius 3 is 2.30 bits per heavy atom. The maximum atomic E-state index is 11.6. The third kappa shape index (κ3) is 10.2. The first-order chi connectivity index (χ1) is 9.35. The second kappa shape index (κ2) is 10.1. The lowest BCUT2D eigenvalue weighted by atomic mass is 10.1. The van der Waals surface area contributed by atoms with Crippen molar-refractivity contribution in [1.82, 2.24) is 16.0 Å². The average Bonchev–Trinajstić information content (AvgIpc) is 2.33. The number of hydrogen-bond acceptors (Lipinski definition) is 3. The van der Waals surface area contributed by atoms with Gasteiger partial charge in [0.15, 0.2) is 0 Å². The monoisotopic (exact) mass is 287 g/mol. The Hall–Kier alpha value is -1.79. The highest BCUT2D eigenvalue weighted by molar-refractivity contribution is 5.84. The molecule has 20 heavy (non-hydrogen) atoms. The van der Waals surface area contributed by atoms with E-state index >= 15 is 0 Å². The Morgan fingerprint density at radius 2 is 1.80 bits per heavy atom. The first-order valence-electron chi connectivity index (χ1n) is 6.88. The highest BCUT2D eigenvalue weighted by atomic mass is 16.4. The quantitative estimate of drug-likeness (QED) is 0.500. The summed E-state index contributed by atoms with van der Waals surface area (Å²) in [5.74, 6) is -0.880. The van der Waals surface area contributed by atoms with E-state index in [-0.39, 0.29) is 18.9 Å². The first-order valence-corrected chi connectivity index (χ1v) is 6.88. The van der Waals surface area contributed by atoms with Crippen LogP contribution in [-0.4, -0.2) is 42.1 Å². The molecule has 0 aliphatic heterocycles. The molecule has 0 rings (SSSR count). The van der Waals surface area contributed by atoms with Crippen LogP contribution in [0.5, 0.6) is 0 Å². The molecular formula is C13H25N3O4. The van der Waals surface area contributed by atoms with Crippen molar-refractivity contribution >= 4 is 17.9 Å². The van der Waals surface area contributed by atoms with E-state index < -0.39 is 18.0 Å². The highest BCUT2D eigenvalue weighted by Gasteiger charge is 2.15. The summed E-state index contributed by atoms with van der Waals surface area (Å²) in [5, 5.41) is 16.4. The molecule has 116 valence electrons. The van der Waals surface area contributed by atoms with Gasteiger partial charge in [-0.1, -0.05) is 27.2 Å². The van der Waals surface area contributed by atoms with Gasteiger partial charge in [-0.15, -0.1) is 0 Å². The SMILES string of the molecule is CCCC(CC(=O)O)NC(=O)NCC(=O)NCC(C)C. The molecule has 0 heterocycles. The van der Waals surface area contributed by atoms with Crippen molar-refractivity contribution in [2.24, 2.45) is 5.92 Å². The highest BCUT2D eigenvalue weighted by Crippen LogP contribution is 2.01. The minimum absolute atomic E-state index is 0.121. The minimum Gasteiger partial charge on any atom is -0.481 e. The van der Waals surface area contributed by atoms with Crippen molar-refractivity contribution in [2.45, 2.75) is 46.1 Å². The summed E-state index contributed by atoms with van der Waals surface area (Å²) in [6, 6.07) is -0.944. The van der Waals surface area contributed by atoms with Crippen LogP contribution in [0.25, 0.3) is 0 Å². The van der Waals surface area contributed by atoms with E-state index in [1.807, 2.05) is 20.8 Å². The van der Waals surface area contributed by atoms with E-state index in [4.69, 9.17) is 5.11 Å². The predicted octanol–water partition coefficient (Wildman–Crippen LogP) is 0.701. The zero-order valence-electron chi connectivity index (χ0n) is 12.4. The van der Waals surface area contributed by atoms with Gasteiger partial charge in [-0.3, -0.25) is 9.59 Å². The van der Waals surface area contributed by atoms with E-state index in [0.717, 1.165) is 6.42 Å². The van der Waals surface area contributed by atoms with Crippen LogP contribution in [0.2, 0.25) is 0 Å². The van der Waals surface area contributed by atoms with Crippen molar-refractivity contribution in [2.75, 3.05) is 13.1 Å². The van der Waals surface area contributed by atoms with E-state index in [1.165, 1.54) is 0 Å². The topological polar surface area (TPSA) is 108 Å². The second-order valence-electron chi connectivity index (χ2n) is 5.11. The van der Waals surface area contributed by atoms with Crippen LogP contribution in [0.3, 0.4) is 0 Å². The fourth-order valence-corrected chi connectivity index (χ4v) is 1.56. The molecule has 7 nitrogen and oxygen atoms in total. The average molecular weight is 287 g/mol. The van der Waals surface area contributed by atoms with Crippen molar-refractivity contribution in [1.29, 1.82) is 0 Å². The van der Waals surface area contributed by atoms with Crippen LogP contribution >= 0.6 is 0 Å². The lowest BCUT2D eigenvalue weighted by molar-refractivity contribution is -0.137. The predicted molar refractivity (Wildman–Crippen MR) is 75.3 cm³/mol. The molecule has 7 heteroatoms. The number of carbonyl (C=O) groups is 3. The van der Waals surface area contributed by atoms with Crippen molar-refractivity contribution in [3.63, 3.8) is 0 Å². The van der Waals surface area contributed by atoms with Gasteiger partial charge in [0.05, 0.1) is 13.0 Å². The summed E-state index contributed by atoms with van der Waals surface area (Å²) >= 11 is 0. The fraction of sp³-hybridized carbons (Fsp3) is 0.769. The van der Waals surface area contributed by atoms with Gasteiger partial charge in [-0.25, -0.2) is 4.79 Å². The maximum Gasteiger partial charge on any atom is 0.315 e. The third-order valence-corrected chi connectivity index (χ3v) is 2.51. The van der Waals surface area contributed by atoms with Crippen LogP contribution < -0.4 is 16.0 Å². The van der Waals surface area contributed by atoms with Crippen molar-refractivity contribution in [3.8, 4) is 0 Å². The van der Waals surface area contributed by atoms with Gasteiger partial charge in [0.25, 0.3) is 0 Å². The molecule has 0 saturated heterocycles. The summed E-state index contributed by atoms with van der Waals surface area (Å²) in [5.41, 5.74) is 0. The number of nitrogens with one attached hydrogen (secondary N) is 3.